The molecule has 3 rings (SSSR count). The second-order valence-corrected chi connectivity index (χ2v) is 7.52. The lowest BCUT2D eigenvalue weighted by atomic mass is 10.1. The summed E-state index contributed by atoms with van der Waals surface area (Å²) >= 11 is 3.52. The Morgan fingerprint density at radius 2 is 2.16 bits per heavy atom. The van der Waals surface area contributed by atoms with Crippen LogP contribution in [0.1, 0.15) is 26.5 Å². The van der Waals surface area contributed by atoms with Gasteiger partial charge in [-0.25, -0.2) is 4.98 Å². The van der Waals surface area contributed by atoms with E-state index in [2.05, 4.69) is 48.6 Å². The van der Waals surface area contributed by atoms with Gasteiger partial charge in [0.2, 0.25) is 0 Å². The fourth-order valence-electron chi connectivity index (χ4n) is 1.82. The van der Waals surface area contributed by atoms with E-state index in [1.165, 1.54) is 15.8 Å². The van der Waals surface area contributed by atoms with Gasteiger partial charge in [-0.05, 0) is 38.3 Å². The maximum Gasteiger partial charge on any atom is 0.181 e. The van der Waals surface area contributed by atoms with Gasteiger partial charge in [-0.3, -0.25) is 0 Å². The highest BCUT2D eigenvalue weighted by Gasteiger charge is 2.16. The highest BCUT2D eigenvalue weighted by atomic mass is 32.1. The first-order chi connectivity index (χ1) is 9.03. The van der Waals surface area contributed by atoms with E-state index in [0.29, 0.717) is 0 Å². The third-order valence-electron chi connectivity index (χ3n) is 2.79. The lowest BCUT2D eigenvalue weighted by molar-refractivity contribution is 0.421. The summed E-state index contributed by atoms with van der Waals surface area (Å²) in [7, 11) is 0. The second-order valence-electron chi connectivity index (χ2n) is 5.49. The Balaban J connectivity index is 1.89. The maximum atomic E-state index is 5.58. The molecule has 0 atom stereocenters. The molecule has 0 unspecified atom stereocenters. The molecule has 0 saturated heterocycles. The number of nitrogens with zero attached hydrogens (tertiary/aromatic N) is 1. The van der Waals surface area contributed by atoms with Crippen LogP contribution >= 0.6 is 22.7 Å². The molecule has 19 heavy (non-hydrogen) atoms. The Hall–Kier alpha value is -1.17. The van der Waals surface area contributed by atoms with Crippen LogP contribution in [0.25, 0.3) is 20.0 Å². The summed E-state index contributed by atoms with van der Waals surface area (Å²) in [6.07, 6.45) is 1.53. The first-order valence-electron chi connectivity index (χ1n) is 6.18. The van der Waals surface area contributed by atoms with Crippen molar-refractivity contribution in [3.63, 3.8) is 0 Å². The standard InChI is InChI=1S/C14H16N2OS2/c1-14(2,3)16-7-9-13(17-8-15-9)12-6-11-10(19-12)4-5-18-11/h4-6,8,16H,7H2,1-3H3. The summed E-state index contributed by atoms with van der Waals surface area (Å²) in [6, 6.07) is 4.34. The monoisotopic (exact) mass is 292 g/mol. The van der Waals surface area contributed by atoms with Crippen LogP contribution in [0.15, 0.2) is 28.3 Å². The quantitative estimate of drug-likeness (QED) is 0.772. The number of rotatable bonds is 3. The van der Waals surface area contributed by atoms with Gasteiger partial charge < -0.3 is 9.73 Å². The van der Waals surface area contributed by atoms with Crippen LogP contribution in [-0.2, 0) is 6.54 Å². The molecule has 0 spiro atoms. The number of aromatic nitrogens is 1. The SMILES string of the molecule is CC(C)(C)NCc1ncoc1-c1cc2sccc2s1. The van der Waals surface area contributed by atoms with Crippen LogP contribution in [0.2, 0.25) is 0 Å². The van der Waals surface area contributed by atoms with Crippen LogP contribution in [0, 0.1) is 0 Å². The lowest BCUT2D eigenvalue weighted by Crippen LogP contribution is -2.35. The van der Waals surface area contributed by atoms with Gasteiger partial charge in [0.05, 0.1) is 4.88 Å². The number of oxazole rings is 1. The van der Waals surface area contributed by atoms with Crippen LogP contribution in [0.5, 0.6) is 0 Å². The van der Waals surface area contributed by atoms with Gasteiger partial charge in [0.25, 0.3) is 0 Å². The van der Waals surface area contributed by atoms with Gasteiger partial charge in [-0.1, -0.05) is 0 Å². The molecule has 0 aliphatic heterocycles. The minimum atomic E-state index is 0.0754. The van der Waals surface area contributed by atoms with Crippen molar-refractivity contribution in [3.8, 4) is 10.6 Å². The Morgan fingerprint density at radius 3 is 2.89 bits per heavy atom. The van der Waals surface area contributed by atoms with E-state index >= 15 is 0 Å². The molecule has 0 bridgehead atoms. The summed E-state index contributed by atoms with van der Waals surface area (Å²) in [5, 5.41) is 5.57. The summed E-state index contributed by atoms with van der Waals surface area (Å²) in [5.41, 5.74) is 1.05. The Kier molecular flexibility index (Phi) is 3.20. The number of hydrogen-bond acceptors (Lipinski definition) is 5. The van der Waals surface area contributed by atoms with E-state index in [9.17, 15) is 0 Å². The summed E-state index contributed by atoms with van der Waals surface area (Å²) in [5.74, 6) is 0.894. The van der Waals surface area contributed by atoms with Crippen molar-refractivity contribution < 1.29 is 4.42 Å². The zero-order valence-electron chi connectivity index (χ0n) is 11.2. The van der Waals surface area contributed by atoms with E-state index in [1.807, 2.05) is 0 Å². The van der Waals surface area contributed by atoms with Crippen molar-refractivity contribution in [2.45, 2.75) is 32.9 Å². The number of fused-ring (bicyclic) bond motifs is 1. The van der Waals surface area contributed by atoms with Gasteiger partial charge in [0.1, 0.15) is 5.69 Å². The molecule has 0 amide bonds. The van der Waals surface area contributed by atoms with E-state index in [0.717, 1.165) is 22.9 Å². The Labute approximate surface area is 120 Å². The largest absolute Gasteiger partial charge is 0.442 e. The van der Waals surface area contributed by atoms with Gasteiger partial charge in [0.15, 0.2) is 12.2 Å². The topological polar surface area (TPSA) is 38.1 Å². The average molecular weight is 292 g/mol. The van der Waals surface area contributed by atoms with E-state index in [-0.39, 0.29) is 5.54 Å². The van der Waals surface area contributed by atoms with Crippen molar-refractivity contribution in [1.82, 2.24) is 10.3 Å². The first kappa shape index (κ1) is 12.8. The third-order valence-corrected chi connectivity index (χ3v) is 4.88. The predicted octanol–water partition coefficient (Wildman–Crippen LogP) is 4.51. The fourth-order valence-corrected chi connectivity index (χ4v) is 3.94. The minimum Gasteiger partial charge on any atom is -0.442 e. The molecular formula is C14H16N2OS2. The van der Waals surface area contributed by atoms with Crippen molar-refractivity contribution >= 4 is 32.1 Å². The molecule has 0 saturated carbocycles. The highest BCUT2D eigenvalue weighted by Crippen LogP contribution is 2.37. The molecule has 100 valence electrons. The van der Waals surface area contributed by atoms with Crippen LogP contribution in [-0.4, -0.2) is 10.5 Å². The van der Waals surface area contributed by atoms with E-state index in [4.69, 9.17) is 4.42 Å². The van der Waals surface area contributed by atoms with Crippen LogP contribution < -0.4 is 5.32 Å². The zero-order chi connectivity index (χ0) is 13.5. The molecule has 0 aliphatic rings. The minimum absolute atomic E-state index is 0.0754. The summed E-state index contributed by atoms with van der Waals surface area (Å²) in [4.78, 5) is 5.49. The van der Waals surface area contributed by atoms with Crippen LogP contribution in [0.3, 0.4) is 0 Å². The normalized spacial score (nSPS) is 12.4. The zero-order valence-corrected chi connectivity index (χ0v) is 12.8. The summed E-state index contributed by atoms with van der Waals surface area (Å²) in [6.45, 7) is 7.16. The second kappa shape index (κ2) is 4.74. The van der Waals surface area contributed by atoms with Gasteiger partial charge in [-0.15, -0.1) is 22.7 Å². The average Bonchev–Trinajstić information content (AvgIpc) is 2.99. The Morgan fingerprint density at radius 1 is 1.32 bits per heavy atom. The summed E-state index contributed by atoms with van der Waals surface area (Å²) < 4.78 is 8.20. The molecule has 3 aromatic rings. The van der Waals surface area contributed by atoms with Crippen molar-refractivity contribution in [3.05, 3.63) is 29.6 Å². The molecule has 1 N–H and O–H groups in total. The van der Waals surface area contributed by atoms with E-state index < -0.39 is 0 Å². The molecule has 0 fully saturated rings. The smallest absolute Gasteiger partial charge is 0.181 e. The molecule has 0 radical (unpaired) electrons. The molecular weight excluding hydrogens is 276 g/mol. The van der Waals surface area contributed by atoms with Crippen molar-refractivity contribution in [2.75, 3.05) is 0 Å². The van der Waals surface area contributed by atoms with Crippen molar-refractivity contribution in [2.24, 2.45) is 0 Å². The highest BCUT2D eigenvalue weighted by molar-refractivity contribution is 7.28. The number of hydrogen-bond donors (Lipinski definition) is 1. The predicted molar refractivity (Wildman–Crippen MR) is 81.8 cm³/mol. The number of nitrogens with one attached hydrogen (secondary N) is 1. The third kappa shape index (κ3) is 2.73. The van der Waals surface area contributed by atoms with Gasteiger partial charge >= 0.3 is 0 Å². The van der Waals surface area contributed by atoms with Gasteiger partial charge in [0, 0.05) is 21.5 Å². The molecule has 3 nitrogen and oxygen atoms in total. The molecule has 3 heterocycles. The molecule has 5 heteroatoms. The molecule has 0 aromatic carbocycles. The fraction of sp³-hybridized carbons (Fsp3) is 0.357. The van der Waals surface area contributed by atoms with Crippen molar-refractivity contribution in [1.29, 1.82) is 0 Å². The van der Waals surface area contributed by atoms with E-state index in [1.54, 1.807) is 22.7 Å². The van der Waals surface area contributed by atoms with Gasteiger partial charge in [-0.2, -0.15) is 0 Å². The lowest BCUT2D eigenvalue weighted by Gasteiger charge is -2.19. The first-order valence-corrected chi connectivity index (χ1v) is 7.87. The molecule has 0 aliphatic carbocycles. The maximum absolute atomic E-state index is 5.58. The molecule has 3 aromatic heterocycles. The Bertz CT molecular complexity index is 659. The van der Waals surface area contributed by atoms with Crippen LogP contribution in [0.4, 0.5) is 0 Å². The number of thiophene rings is 2.